The van der Waals surface area contributed by atoms with Gasteiger partial charge in [0.1, 0.15) is 0 Å². The van der Waals surface area contributed by atoms with Crippen LogP contribution >= 0.6 is 0 Å². The quantitative estimate of drug-likeness (QED) is 0.748. The molecule has 0 amide bonds. The van der Waals surface area contributed by atoms with Crippen molar-refractivity contribution in [1.29, 1.82) is 0 Å². The fourth-order valence-electron chi connectivity index (χ4n) is 3.41. The summed E-state index contributed by atoms with van der Waals surface area (Å²) in [6.45, 7) is 11.9. The molecular weight excluding hydrogens is 220 g/mol. The maximum Gasteiger partial charge on any atom is 0.0223 e. The lowest BCUT2D eigenvalue weighted by Gasteiger charge is -2.42. The number of rotatable bonds is 7. The van der Waals surface area contributed by atoms with Gasteiger partial charge in [0, 0.05) is 18.6 Å². The largest absolute Gasteiger partial charge is 0.318 e. The minimum atomic E-state index is 0.770. The fraction of sp³-hybridized carbons (Fsp3) is 1.00. The maximum atomic E-state index is 3.39. The van der Waals surface area contributed by atoms with Crippen molar-refractivity contribution >= 4 is 0 Å². The Balaban J connectivity index is 2.66. The van der Waals surface area contributed by atoms with Crippen LogP contribution in [0.4, 0.5) is 0 Å². The monoisotopic (exact) mass is 254 g/mol. The van der Waals surface area contributed by atoms with Crippen LogP contribution in [0.15, 0.2) is 0 Å². The van der Waals surface area contributed by atoms with Gasteiger partial charge >= 0.3 is 0 Å². The highest BCUT2D eigenvalue weighted by atomic mass is 15.2. The SMILES string of the molecule is CNCC1CCCCN1C(CC(C)C)CC(C)C. The number of piperidine rings is 1. The third-order valence-corrected chi connectivity index (χ3v) is 4.07. The molecule has 1 rings (SSSR count). The van der Waals surface area contributed by atoms with Crippen LogP contribution in [0.2, 0.25) is 0 Å². The van der Waals surface area contributed by atoms with E-state index in [1.165, 1.54) is 38.6 Å². The second kappa shape index (κ2) is 8.16. The lowest BCUT2D eigenvalue weighted by molar-refractivity contribution is 0.0707. The maximum absolute atomic E-state index is 3.39. The van der Waals surface area contributed by atoms with Gasteiger partial charge in [-0.1, -0.05) is 34.1 Å². The minimum Gasteiger partial charge on any atom is -0.318 e. The van der Waals surface area contributed by atoms with Crippen LogP contribution in [0.25, 0.3) is 0 Å². The number of nitrogens with zero attached hydrogens (tertiary/aromatic N) is 1. The molecule has 0 aromatic carbocycles. The highest BCUT2D eigenvalue weighted by molar-refractivity contribution is 4.85. The van der Waals surface area contributed by atoms with E-state index in [1.54, 1.807) is 0 Å². The highest BCUT2D eigenvalue weighted by Crippen LogP contribution is 2.26. The zero-order valence-electron chi connectivity index (χ0n) is 13.2. The van der Waals surface area contributed by atoms with Crippen molar-refractivity contribution in [2.45, 2.75) is 71.9 Å². The molecule has 0 bridgehead atoms. The van der Waals surface area contributed by atoms with E-state index in [9.17, 15) is 0 Å². The summed E-state index contributed by atoms with van der Waals surface area (Å²) in [7, 11) is 2.09. The Labute approximate surface area is 115 Å². The molecule has 0 spiro atoms. The first-order chi connectivity index (χ1) is 8.54. The standard InChI is InChI=1S/C16H34N2/c1-13(2)10-16(11-14(3)4)18-9-7-6-8-15(18)12-17-5/h13-17H,6-12H2,1-5H3. The molecule has 2 nitrogen and oxygen atoms in total. The Bertz CT molecular complexity index is 201. The Morgan fingerprint density at radius 3 is 2.17 bits per heavy atom. The Hall–Kier alpha value is -0.0800. The zero-order chi connectivity index (χ0) is 13.5. The minimum absolute atomic E-state index is 0.770. The summed E-state index contributed by atoms with van der Waals surface area (Å²) in [5, 5.41) is 3.39. The second-order valence-corrected chi connectivity index (χ2v) is 6.86. The van der Waals surface area contributed by atoms with E-state index in [0.29, 0.717) is 0 Å². The summed E-state index contributed by atoms with van der Waals surface area (Å²) in [6.07, 6.45) is 6.91. The summed E-state index contributed by atoms with van der Waals surface area (Å²) in [5.74, 6) is 1.62. The third-order valence-electron chi connectivity index (χ3n) is 4.07. The molecule has 1 aliphatic rings. The van der Waals surface area contributed by atoms with Gasteiger partial charge in [0.2, 0.25) is 0 Å². The molecule has 1 aliphatic heterocycles. The number of nitrogens with one attached hydrogen (secondary N) is 1. The lowest BCUT2D eigenvalue weighted by Crippen LogP contribution is -2.50. The Morgan fingerprint density at radius 2 is 1.67 bits per heavy atom. The van der Waals surface area contributed by atoms with Crippen LogP contribution in [0.3, 0.4) is 0 Å². The first-order valence-corrected chi connectivity index (χ1v) is 7.95. The first kappa shape index (κ1) is 16.0. The smallest absolute Gasteiger partial charge is 0.0223 e. The van der Waals surface area contributed by atoms with E-state index in [4.69, 9.17) is 0 Å². The predicted octanol–water partition coefficient (Wildman–Crippen LogP) is 3.52. The van der Waals surface area contributed by atoms with Crippen molar-refractivity contribution in [2.75, 3.05) is 20.1 Å². The normalized spacial score (nSPS) is 22.3. The van der Waals surface area contributed by atoms with Crippen molar-refractivity contribution in [3.63, 3.8) is 0 Å². The summed E-state index contributed by atoms with van der Waals surface area (Å²) >= 11 is 0. The van der Waals surface area contributed by atoms with Crippen molar-refractivity contribution < 1.29 is 0 Å². The highest BCUT2D eigenvalue weighted by Gasteiger charge is 2.29. The molecule has 0 aromatic heterocycles. The van der Waals surface area contributed by atoms with Gasteiger partial charge in [0.15, 0.2) is 0 Å². The van der Waals surface area contributed by atoms with Crippen molar-refractivity contribution in [3.05, 3.63) is 0 Å². The van der Waals surface area contributed by atoms with Crippen LogP contribution in [0.5, 0.6) is 0 Å². The van der Waals surface area contributed by atoms with E-state index in [1.807, 2.05) is 0 Å². The molecule has 0 radical (unpaired) electrons. The topological polar surface area (TPSA) is 15.3 Å². The number of likely N-dealkylation sites (tertiary alicyclic amines) is 1. The molecular formula is C16H34N2. The zero-order valence-corrected chi connectivity index (χ0v) is 13.2. The predicted molar refractivity (Wildman–Crippen MR) is 81.0 cm³/mol. The van der Waals surface area contributed by atoms with Gasteiger partial charge in [-0.2, -0.15) is 0 Å². The summed E-state index contributed by atoms with van der Waals surface area (Å²) in [6, 6.07) is 1.56. The van der Waals surface area contributed by atoms with Crippen LogP contribution in [-0.2, 0) is 0 Å². The van der Waals surface area contributed by atoms with Crippen molar-refractivity contribution in [1.82, 2.24) is 10.2 Å². The van der Waals surface area contributed by atoms with Gasteiger partial charge < -0.3 is 5.32 Å². The molecule has 1 fully saturated rings. The van der Waals surface area contributed by atoms with E-state index >= 15 is 0 Å². The Morgan fingerprint density at radius 1 is 1.06 bits per heavy atom. The van der Waals surface area contributed by atoms with Gasteiger partial charge in [-0.3, -0.25) is 4.90 Å². The summed E-state index contributed by atoms with van der Waals surface area (Å²) in [5.41, 5.74) is 0. The number of hydrogen-bond acceptors (Lipinski definition) is 2. The first-order valence-electron chi connectivity index (χ1n) is 7.95. The molecule has 1 heterocycles. The average molecular weight is 254 g/mol. The second-order valence-electron chi connectivity index (χ2n) is 6.86. The molecule has 1 unspecified atom stereocenters. The molecule has 18 heavy (non-hydrogen) atoms. The van der Waals surface area contributed by atoms with E-state index in [0.717, 1.165) is 30.5 Å². The molecule has 0 aliphatic carbocycles. The van der Waals surface area contributed by atoms with Crippen LogP contribution < -0.4 is 5.32 Å². The summed E-state index contributed by atoms with van der Waals surface area (Å²) in [4.78, 5) is 2.82. The van der Waals surface area contributed by atoms with E-state index in [2.05, 4.69) is 45.0 Å². The molecule has 1 atom stereocenters. The van der Waals surface area contributed by atoms with Crippen molar-refractivity contribution in [2.24, 2.45) is 11.8 Å². The molecule has 2 heteroatoms. The molecule has 1 N–H and O–H groups in total. The van der Waals surface area contributed by atoms with Gasteiger partial charge in [0.05, 0.1) is 0 Å². The lowest BCUT2D eigenvalue weighted by atomic mass is 9.90. The van der Waals surface area contributed by atoms with Crippen LogP contribution in [-0.4, -0.2) is 37.1 Å². The third kappa shape index (κ3) is 5.27. The van der Waals surface area contributed by atoms with E-state index in [-0.39, 0.29) is 0 Å². The van der Waals surface area contributed by atoms with Gasteiger partial charge in [-0.25, -0.2) is 0 Å². The number of likely N-dealkylation sites (N-methyl/N-ethyl adjacent to an activating group) is 1. The van der Waals surface area contributed by atoms with Crippen LogP contribution in [0.1, 0.15) is 59.8 Å². The fourth-order valence-corrected chi connectivity index (χ4v) is 3.41. The van der Waals surface area contributed by atoms with Crippen LogP contribution in [0, 0.1) is 11.8 Å². The van der Waals surface area contributed by atoms with Gasteiger partial charge in [-0.05, 0) is 51.1 Å². The molecule has 108 valence electrons. The molecule has 0 saturated carbocycles. The van der Waals surface area contributed by atoms with Crippen molar-refractivity contribution in [3.8, 4) is 0 Å². The van der Waals surface area contributed by atoms with Gasteiger partial charge in [0.25, 0.3) is 0 Å². The summed E-state index contributed by atoms with van der Waals surface area (Å²) < 4.78 is 0. The van der Waals surface area contributed by atoms with E-state index < -0.39 is 0 Å². The molecule has 1 saturated heterocycles. The Kier molecular flexibility index (Phi) is 7.25. The number of hydrogen-bond donors (Lipinski definition) is 1. The average Bonchev–Trinajstić information content (AvgIpc) is 2.28. The molecule has 0 aromatic rings. The van der Waals surface area contributed by atoms with Gasteiger partial charge in [-0.15, -0.1) is 0 Å².